The first kappa shape index (κ1) is 18.8. The lowest BCUT2D eigenvalue weighted by atomic mass is 9.92. The van der Waals surface area contributed by atoms with Crippen molar-refractivity contribution in [2.24, 2.45) is 4.99 Å². The Bertz CT molecular complexity index is 840. The minimum Gasteiger partial charge on any atom is -0.354 e. The predicted octanol–water partition coefficient (Wildman–Crippen LogP) is 2.79. The van der Waals surface area contributed by atoms with Gasteiger partial charge in [-0.3, -0.25) is 15.5 Å². The van der Waals surface area contributed by atoms with Crippen LogP contribution in [0.4, 0.5) is 10.1 Å². The number of nitrogens with one attached hydrogen (secondary N) is 2. The van der Waals surface area contributed by atoms with Gasteiger partial charge < -0.3 is 5.32 Å². The van der Waals surface area contributed by atoms with Gasteiger partial charge in [0, 0.05) is 18.2 Å². The van der Waals surface area contributed by atoms with Crippen LogP contribution in [0.5, 0.6) is 0 Å². The summed E-state index contributed by atoms with van der Waals surface area (Å²) >= 11 is 4.52. The van der Waals surface area contributed by atoms with Crippen LogP contribution in [0.2, 0.25) is 0 Å². The molecular formula is C15H15BrFN5O3S. The van der Waals surface area contributed by atoms with Gasteiger partial charge in [-0.2, -0.15) is 0 Å². The summed E-state index contributed by atoms with van der Waals surface area (Å²) in [5, 5.41) is 20.6. The molecular weight excluding hydrogens is 429 g/mol. The molecule has 11 heteroatoms. The van der Waals surface area contributed by atoms with E-state index < -0.39 is 5.82 Å². The van der Waals surface area contributed by atoms with E-state index in [1.165, 1.54) is 36.9 Å². The molecule has 3 N–H and O–H groups in total. The Morgan fingerprint density at radius 3 is 2.88 bits per heavy atom. The predicted molar refractivity (Wildman–Crippen MR) is 96.0 cm³/mol. The van der Waals surface area contributed by atoms with E-state index in [2.05, 4.69) is 36.6 Å². The van der Waals surface area contributed by atoms with Crippen molar-refractivity contribution in [2.75, 3.05) is 0 Å². The molecule has 1 aliphatic carbocycles. The summed E-state index contributed by atoms with van der Waals surface area (Å²) < 4.78 is 18.4. The van der Waals surface area contributed by atoms with Crippen LogP contribution in [-0.4, -0.2) is 38.6 Å². The first-order chi connectivity index (χ1) is 12.5. The van der Waals surface area contributed by atoms with E-state index in [0.29, 0.717) is 10.7 Å². The van der Waals surface area contributed by atoms with E-state index in [-0.39, 0.29) is 33.2 Å². The number of amides is 1. The molecule has 8 nitrogen and oxygen atoms in total. The van der Waals surface area contributed by atoms with E-state index in [4.69, 9.17) is 4.63 Å². The number of hydrogen-bond acceptors (Lipinski definition) is 7. The van der Waals surface area contributed by atoms with Crippen LogP contribution in [-0.2, 0) is 4.79 Å². The van der Waals surface area contributed by atoms with E-state index in [0.717, 1.165) is 12.8 Å². The van der Waals surface area contributed by atoms with Crippen molar-refractivity contribution in [1.82, 2.24) is 21.1 Å². The molecule has 138 valence electrons. The SMILES string of the molecule is CC(=O)NC1CC(Sc2nonc2C(=Nc2ccc(F)c(Br)c2)NO)C1. The molecule has 0 unspecified atom stereocenters. The fourth-order valence-corrected chi connectivity index (χ4v) is 4.10. The van der Waals surface area contributed by atoms with Gasteiger partial charge in [-0.1, -0.05) is 11.8 Å². The topological polar surface area (TPSA) is 113 Å². The van der Waals surface area contributed by atoms with E-state index in [1.807, 2.05) is 5.48 Å². The summed E-state index contributed by atoms with van der Waals surface area (Å²) in [4.78, 5) is 15.3. The number of aromatic nitrogens is 2. The number of benzene rings is 1. The highest BCUT2D eigenvalue weighted by Gasteiger charge is 2.32. The van der Waals surface area contributed by atoms with Gasteiger partial charge in [-0.05, 0) is 57.3 Å². The van der Waals surface area contributed by atoms with Crippen LogP contribution in [0.25, 0.3) is 0 Å². The zero-order chi connectivity index (χ0) is 18.7. The van der Waals surface area contributed by atoms with Crippen molar-refractivity contribution in [3.63, 3.8) is 0 Å². The molecule has 1 aromatic heterocycles. The average molecular weight is 444 g/mol. The van der Waals surface area contributed by atoms with Gasteiger partial charge in [0.2, 0.25) is 5.91 Å². The minimum absolute atomic E-state index is 0.0324. The number of thioether (sulfide) groups is 1. The second-order valence-electron chi connectivity index (χ2n) is 5.70. The maximum Gasteiger partial charge on any atom is 0.217 e. The second-order valence-corrected chi connectivity index (χ2v) is 7.84. The molecule has 0 aliphatic heterocycles. The number of aliphatic imine (C=N–C) groups is 1. The molecule has 1 amide bonds. The van der Waals surface area contributed by atoms with Gasteiger partial charge >= 0.3 is 0 Å². The largest absolute Gasteiger partial charge is 0.354 e. The van der Waals surface area contributed by atoms with Crippen LogP contribution in [0, 0.1) is 5.82 Å². The number of rotatable bonds is 5. The maximum atomic E-state index is 13.3. The monoisotopic (exact) mass is 443 g/mol. The first-order valence-corrected chi connectivity index (χ1v) is 9.34. The summed E-state index contributed by atoms with van der Waals surface area (Å²) in [6, 6.07) is 4.35. The van der Waals surface area contributed by atoms with Crippen LogP contribution in [0.1, 0.15) is 25.5 Å². The number of amidine groups is 1. The zero-order valence-electron chi connectivity index (χ0n) is 13.6. The molecule has 3 rings (SSSR count). The van der Waals surface area contributed by atoms with Crippen LogP contribution < -0.4 is 10.8 Å². The van der Waals surface area contributed by atoms with Gasteiger partial charge in [-0.15, -0.1) is 0 Å². The van der Waals surface area contributed by atoms with Crippen molar-refractivity contribution in [3.8, 4) is 0 Å². The summed E-state index contributed by atoms with van der Waals surface area (Å²) in [6.45, 7) is 1.49. The molecule has 1 saturated carbocycles. The smallest absolute Gasteiger partial charge is 0.217 e. The lowest BCUT2D eigenvalue weighted by Crippen LogP contribution is -2.44. The molecule has 1 heterocycles. The quantitative estimate of drug-likeness (QED) is 0.369. The molecule has 1 aliphatic rings. The molecule has 0 saturated heterocycles. The third kappa shape index (κ3) is 4.40. The van der Waals surface area contributed by atoms with Gasteiger partial charge in [-0.25, -0.2) is 14.0 Å². The van der Waals surface area contributed by atoms with E-state index >= 15 is 0 Å². The highest BCUT2D eigenvalue weighted by Crippen LogP contribution is 2.37. The lowest BCUT2D eigenvalue weighted by molar-refractivity contribution is -0.120. The molecule has 26 heavy (non-hydrogen) atoms. The van der Waals surface area contributed by atoms with Gasteiger partial charge in [0.05, 0.1) is 10.2 Å². The Balaban J connectivity index is 1.72. The summed E-state index contributed by atoms with van der Waals surface area (Å²) in [5.41, 5.74) is 2.64. The Kier molecular flexibility index (Phi) is 5.89. The highest BCUT2D eigenvalue weighted by molar-refractivity contribution is 9.10. The standard InChI is InChI=1S/C15H15BrFN5O3S/c1-7(23)18-9-4-10(5-9)26-15-13(21-25-22-15)14(20-24)19-8-2-3-12(17)11(16)6-8/h2-3,6,9-10,24H,4-5H2,1H3,(H,18,23)(H,19,20). The molecule has 1 aromatic carbocycles. The number of halogens is 2. The average Bonchev–Trinajstić information content (AvgIpc) is 3.01. The minimum atomic E-state index is -0.416. The number of hydrogen-bond donors (Lipinski definition) is 3. The lowest BCUT2D eigenvalue weighted by Gasteiger charge is -2.34. The van der Waals surface area contributed by atoms with Crippen LogP contribution in [0.15, 0.2) is 37.3 Å². The van der Waals surface area contributed by atoms with Crippen molar-refractivity contribution < 1.29 is 19.0 Å². The Labute approximate surface area is 160 Å². The van der Waals surface area contributed by atoms with Gasteiger partial charge in [0.1, 0.15) is 5.82 Å². The molecule has 0 bridgehead atoms. The Morgan fingerprint density at radius 2 is 2.23 bits per heavy atom. The van der Waals surface area contributed by atoms with Crippen LogP contribution >= 0.6 is 27.7 Å². The van der Waals surface area contributed by atoms with Crippen molar-refractivity contribution >= 4 is 45.1 Å². The fraction of sp³-hybridized carbons (Fsp3) is 0.333. The number of carbonyl (C=O) groups excluding carboxylic acids is 1. The molecule has 2 aromatic rings. The Hall–Kier alpha value is -1.98. The Morgan fingerprint density at radius 1 is 1.46 bits per heavy atom. The summed E-state index contributed by atoms with van der Waals surface area (Å²) in [6.07, 6.45) is 1.61. The van der Waals surface area contributed by atoms with Gasteiger partial charge in [0.15, 0.2) is 16.6 Å². The molecule has 0 atom stereocenters. The third-order valence-electron chi connectivity index (χ3n) is 3.71. The second kappa shape index (κ2) is 8.14. The number of carbonyl (C=O) groups is 1. The third-order valence-corrected chi connectivity index (χ3v) is 5.53. The number of nitrogens with zero attached hydrogens (tertiary/aromatic N) is 3. The summed E-state index contributed by atoms with van der Waals surface area (Å²) in [7, 11) is 0. The first-order valence-electron chi connectivity index (χ1n) is 7.66. The highest BCUT2D eigenvalue weighted by atomic mass is 79.9. The fourth-order valence-electron chi connectivity index (χ4n) is 2.44. The molecule has 1 fully saturated rings. The zero-order valence-corrected chi connectivity index (χ0v) is 16.0. The maximum absolute atomic E-state index is 13.3. The normalized spacial score (nSPS) is 19.8. The van der Waals surface area contributed by atoms with Crippen molar-refractivity contribution in [2.45, 2.75) is 36.1 Å². The van der Waals surface area contributed by atoms with Crippen molar-refractivity contribution in [1.29, 1.82) is 0 Å². The van der Waals surface area contributed by atoms with Crippen molar-refractivity contribution in [3.05, 3.63) is 34.2 Å². The van der Waals surface area contributed by atoms with Crippen LogP contribution in [0.3, 0.4) is 0 Å². The summed E-state index contributed by atoms with van der Waals surface area (Å²) in [5.74, 6) is -0.433. The number of hydroxylamine groups is 1. The molecule has 0 radical (unpaired) electrons. The van der Waals surface area contributed by atoms with Gasteiger partial charge in [0.25, 0.3) is 0 Å². The molecule has 0 spiro atoms. The van der Waals surface area contributed by atoms with E-state index in [1.54, 1.807) is 0 Å². The van der Waals surface area contributed by atoms with E-state index in [9.17, 15) is 14.4 Å².